The fourth-order valence-electron chi connectivity index (χ4n) is 6.25. The summed E-state index contributed by atoms with van der Waals surface area (Å²) >= 11 is 0. The zero-order valence-electron chi connectivity index (χ0n) is 21.7. The maximum atomic E-state index is 13.7. The Bertz CT molecular complexity index is 1510. The van der Waals surface area contributed by atoms with Gasteiger partial charge in [-0.1, -0.05) is 12.1 Å². The van der Waals surface area contributed by atoms with Crippen molar-refractivity contribution in [3.05, 3.63) is 63.9 Å². The van der Waals surface area contributed by atoms with E-state index >= 15 is 0 Å². The van der Waals surface area contributed by atoms with Crippen LogP contribution in [0.4, 0.5) is 4.39 Å². The summed E-state index contributed by atoms with van der Waals surface area (Å²) in [5, 5.41) is 47.3. The molecular weight excluding hydrogens is 523 g/mol. The molecule has 3 aliphatic carbocycles. The van der Waals surface area contributed by atoms with E-state index in [1.165, 1.54) is 13.2 Å². The SMILES string of the molecule is COc1ccc(CNCCF)cc1-c1ccc(O)c2c1C[C@H]1C[C@H]3CC(=O)C(C(N)=O)=C(O)[C@@]3(O)C(=O)C1=C2O. The van der Waals surface area contributed by atoms with Crippen molar-refractivity contribution in [2.45, 2.75) is 31.4 Å². The third-order valence-corrected chi connectivity index (χ3v) is 8.10. The quantitative estimate of drug-likeness (QED) is 0.222. The fraction of sp³-hybridized carbons (Fsp3) is 0.345. The zero-order valence-corrected chi connectivity index (χ0v) is 21.7. The molecule has 7 N–H and O–H groups in total. The van der Waals surface area contributed by atoms with Gasteiger partial charge in [0.15, 0.2) is 11.4 Å². The summed E-state index contributed by atoms with van der Waals surface area (Å²) in [6.45, 7) is 0.0721. The molecule has 11 heteroatoms. The topological polar surface area (TPSA) is 179 Å². The number of aliphatic hydroxyl groups is 3. The largest absolute Gasteiger partial charge is 0.508 e. The molecule has 0 bridgehead atoms. The lowest BCUT2D eigenvalue weighted by Crippen LogP contribution is -2.58. The van der Waals surface area contributed by atoms with Gasteiger partial charge in [-0.2, -0.15) is 0 Å². The summed E-state index contributed by atoms with van der Waals surface area (Å²) in [4.78, 5) is 38.1. The Morgan fingerprint density at radius 2 is 1.90 bits per heavy atom. The molecule has 3 atom stereocenters. The number of alkyl halides is 1. The van der Waals surface area contributed by atoms with Gasteiger partial charge in [-0.3, -0.25) is 14.4 Å². The first-order valence-corrected chi connectivity index (χ1v) is 12.8. The van der Waals surface area contributed by atoms with E-state index in [2.05, 4.69) is 5.32 Å². The lowest BCUT2D eigenvalue weighted by Gasteiger charge is -2.46. The van der Waals surface area contributed by atoms with Crippen molar-refractivity contribution in [3.63, 3.8) is 0 Å². The number of phenolic OH excluding ortho intramolecular Hbond substituents is 1. The minimum absolute atomic E-state index is 0.00681. The van der Waals surface area contributed by atoms with Gasteiger partial charge in [-0.15, -0.1) is 0 Å². The first-order valence-electron chi connectivity index (χ1n) is 12.8. The van der Waals surface area contributed by atoms with Crippen molar-refractivity contribution in [2.75, 3.05) is 20.3 Å². The van der Waals surface area contributed by atoms with Crippen molar-refractivity contribution in [1.82, 2.24) is 5.32 Å². The Labute approximate surface area is 228 Å². The Hall–Kier alpha value is -4.22. The molecule has 0 saturated heterocycles. The van der Waals surface area contributed by atoms with Gasteiger partial charge >= 0.3 is 0 Å². The highest BCUT2D eigenvalue weighted by Crippen LogP contribution is 2.53. The number of carbonyl (C=O) groups is 3. The maximum absolute atomic E-state index is 13.7. The summed E-state index contributed by atoms with van der Waals surface area (Å²) in [6.07, 6.45) is -0.204. The number of ketones is 2. The number of rotatable bonds is 7. The molecular formula is C29H29FN2O8. The number of methoxy groups -OCH3 is 1. The van der Waals surface area contributed by atoms with Crippen molar-refractivity contribution in [3.8, 4) is 22.6 Å². The molecule has 0 aliphatic heterocycles. The standard InChI is InChI=1S/C29H29FN2O8/c1-40-21-5-2-13(12-32-7-6-30)8-17(21)16-3-4-19(33)23-18(16)10-14-9-15-11-20(34)24(28(31)38)27(37)29(15,39)26(36)22(14)25(23)35/h2-5,8,14-15,32-33,35,37,39H,6-7,9-12H2,1H3,(H2,31,38)/t14-,15+,29+/m1/s1. The normalized spacial score (nSPS) is 24.0. The molecule has 1 fully saturated rings. The molecule has 10 nitrogen and oxygen atoms in total. The molecule has 1 saturated carbocycles. The monoisotopic (exact) mass is 552 g/mol. The number of fused-ring (bicyclic) bond motifs is 3. The molecule has 40 heavy (non-hydrogen) atoms. The van der Waals surface area contributed by atoms with Gasteiger partial charge in [0.1, 0.15) is 35.3 Å². The first-order chi connectivity index (χ1) is 19.0. The number of hydrogen-bond donors (Lipinski definition) is 6. The van der Waals surface area contributed by atoms with E-state index in [0.717, 1.165) is 5.56 Å². The van der Waals surface area contributed by atoms with Crippen molar-refractivity contribution < 1.29 is 43.9 Å². The number of phenols is 1. The number of primary amides is 1. The number of aliphatic hydroxyl groups excluding tert-OH is 2. The molecule has 210 valence electrons. The zero-order chi connectivity index (χ0) is 28.9. The van der Waals surface area contributed by atoms with Crippen LogP contribution in [0.25, 0.3) is 16.9 Å². The number of benzene rings is 2. The lowest BCUT2D eigenvalue weighted by molar-refractivity contribution is -0.147. The number of halogens is 1. The Morgan fingerprint density at radius 1 is 1.15 bits per heavy atom. The minimum atomic E-state index is -2.62. The Kier molecular flexibility index (Phi) is 6.89. The predicted molar refractivity (Wildman–Crippen MR) is 141 cm³/mol. The van der Waals surface area contributed by atoms with Crippen LogP contribution in [0.15, 0.2) is 47.2 Å². The van der Waals surface area contributed by atoms with Crippen LogP contribution >= 0.6 is 0 Å². The number of nitrogens with two attached hydrogens (primary N) is 1. The maximum Gasteiger partial charge on any atom is 0.255 e. The summed E-state index contributed by atoms with van der Waals surface area (Å²) in [6, 6.07) is 8.48. The van der Waals surface area contributed by atoms with E-state index in [9.17, 15) is 39.2 Å². The molecule has 3 aliphatic rings. The number of aromatic hydroxyl groups is 1. The Morgan fingerprint density at radius 3 is 2.58 bits per heavy atom. The predicted octanol–water partition coefficient (Wildman–Crippen LogP) is 2.16. The van der Waals surface area contributed by atoms with E-state index in [0.29, 0.717) is 29.0 Å². The average Bonchev–Trinajstić information content (AvgIpc) is 2.91. The second-order valence-corrected chi connectivity index (χ2v) is 10.3. The molecule has 5 rings (SSSR count). The van der Waals surface area contributed by atoms with Crippen LogP contribution in [0.2, 0.25) is 0 Å². The number of nitrogens with one attached hydrogen (secondary N) is 1. The second kappa shape index (κ2) is 10.1. The Balaban J connectivity index is 1.66. The summed E-state index contributed by atoms with van der Waals surface area (Å²) in [5.41, 5.74) is 4.20. The smallest absolute Gasteiger partial charge is 0.255 e. The molecule has 2 aromatic carbocycles. The van der Waals surface area contributed by atoms with Crippen LogP contribution in [0.3, 0.4) is 0 Å². The van der Waals surface area contributed by atoms with E-state index < -0.39 is 65.1 Å². The third-order valence-electron chi connectivity index (χ3n) is 8.10. The third kappa shape index (κ3) is 4.04. The molecule has 0 heterocycles. The van der Waals surface area contributed by atoms with Crippen LogP contribution in [-0.4, -0.2) is 63.8 Å². The van der Waals surface area contributed by atoms with Gasteiger partial charge in [0.25, 0.3) is 5.91 Å². The van der Waals surface area contributed by atoms with Crippen LogP contribution < -0.4 is 15.8 Å². The summed E-state index contributed by atoms with van der Waals surface area (Å²) in [7, 11) is 1.50. The van der Waals surface area contributed by atoms with Gasteiger partial charge in [-0.25, -0.2) is 4.39 Å². The van der Waals surface area contributed by atoms with Gasteiger partial charge in [-0.05, 0) is 53.6 Å². The summed E-state index contributed by atoms with van der Waals surface area (Å²) in [5.74, 6) is -6.29. The minimum Gasteiger partial charge on any atom is -0.508 e. The number of ether oxygens (including phenoxy) is 1. The molecule has 0 spiro atoms. The van der Waals surface area contributed by atoms with Gasteiger partial charge < -0.3 is 36.2 Å². The summed E-state index contributed by atoms with van der Waals surface area (Å²) < 4.78 is 18.2. The second-order valence-electron chi connectivity index (χ2n) is 10.3. The molecule has 1 amide bonds. The highest BCUT2D eigenvalue weighted by molar-refractivity contribution is 6.22. The van der Waals surface area contributed by atoms with Crippen LogP contribution in [-0.2, 0) is 27.3 Å². The average molecular weight is 553 g/mol. The number of hydrogen-bond acceptors (Lipinski definition) is 9. The van der Waals surface area contributed by atoms with Gasteiger partial charge in [0.05, 0.1) is 12.7 Å². The van der Waals surface area contributed by atoms with E-state index in [1.807, 2.05) is 12.1 Å². The number of amides is 1. The van der Waals surface area contributed by atoms with E-state index in [1.54, 1.807) is 12.1 Å². The van der Waals surface area contributed by atoms with E-state index in [4.69, 9.17) is 10.5 Å². The van der Waals surface area contributed by atoms with Crippen LogP contribution in [0, 0.1) is 11.8 Å². The molecule has 0 aromatic heterocycles. The van der Waals surface area contributed by atoms with Crippen LogP contribution in [0.1, 0.15) is 29.5 Å². The highest BCUT2D eigenvalue weighted by Gasteiger charge is 2.60. The first kappa shape index (κ1) is 27.4. The highest BCUT2D eigenvalue weighted by atomic mass is 19.1. The number of carbonyl (C=O) groups excluding carboxylic acids is 3. The van der Waals surface area contributed by atoms with Crippen molar-refractivity contribution in [2.24, 2.45) is 17.6 Å². The fourth-order valence-corrected chi connectivity index (χ4v) is 6.25. The lowest BCUT2D eigenvalue weighted by atomic mass is 9.59. The van der Waals surface area contributed by atoms with Crippen molar-refractivity contribution in [1.29, 1.82) is 0 Å². The molecule has 0 radical (unpaired) electrons. The van der Waals surface area contributed by atoms with Gasteiger partial charge in [0.2, 0.25) is 5.78 Å². The van der Waals surface area contributed by atoms with Crippen molar-refractivity contribution >= 4 is 23.2 Å². The molecule has 0 unspecified atom stereocenters. The molecule has 2 aromatic rings. The number of Topliss-reactive ketones (excluding diaryl/α,β-unsaturated/α-hetero) is 2. The van der Waals surface area contributed by atoms with Gasteiger partial charge in [0, 0.05) is 36.6 Å². The van der Waals surface area contributed by atoms with E-state index in [-0.39, 0.29) is 36.3 Å². The van der Waals surface area contributed by atoms with Crippen LogP contribution in [0.5, 0.6) is 11.5 Å².